The summed E-state index contributed by atoms with van der Waals surface area (Å²) in [5.41, 5.74) is 2.15. The second-order valence-corrected chi connectivity index (χ2v) is 20.4. The SMILES string of the molecule is CCC(C)(C)C(C)CCC(C)C.CCC(C)C(C)(C)CCC(C)C.CCCC(C(C)C)C(C)(C)CC.CCCC(C)(C)C(CC)C(C)C. The van der Waals surface area contributed by atoms with Gasteiger partial charge in [-0.25, -0.2) is 0 Å². The van der Waals surface area contributed by atoms with Gasteiger partial charge in [0.1, 0.15) is 0 Å². The van der Waals surface area contributed by atoms with Gasteiger partial charge in [0.2, 0.25) is 0 Å². The van der Waals surface area contributed by atoms with E-state index in [0.717, 1.165) is 47.3 Å². The first-order valence-electron chi connectivity index (χ1n) is 21.7. The van der Waals surface area contributed by atoms with E-state index in [4.69, 9.17) is 0 Å². The van der Waals surface area contributed by atoms with Crippen molar-refractivity contribution >= 4 is 0 Å². The van der Waals surface area contributed by atoms with Crippen molar-refractivity contribution in [1.82, 2.24) is 0 Å². The Bertz CT molecular complexity index is 685. The van der Waals surface area contributed by atoms with Crippen molar-refractivity contribution in [2.75, 3.05) is 0 Å². The van der Waals surface area contributed by atoms with Crippen LogP contribution in [0.25, 0.3) is 0 Å². The minimum absolute atomic E-state index is 0.532. The molecule has 296 valence electrons. The number of rotatable bonds is 20. The van der Waals surface area contributed by atoms with E-state index in [2.05, 4.69) is 166 Å². The van der Waals surface area contributed by atoms with E-state index in [1.54, 1.807) is 0 Å². The summed E-state index contributed by atoms with van der Waals surface area (Å²) >= 11 is 0. The van der Waals surface area contributed by atoms with Crippen LogP contribution in [-0.4, -0.2) is 0 Å². The van der Waals surface area contributed by atoms with Crippen LogP contribution in [-0.2, 0) is 0 Å². The number of hydrogen-bond acceptors (Lipinski definition) is 0. The van der Waals surface area contributed by atoms with Crippen LogP contribution in [0.4, 0.5) is 0 Å². The average Bonchev–Trinajstić information content (AvgIpc) is 2.97. The summed E-state index contributed by atoms with van der Waals surface area (Å²) < 4.78 is 0. The minimum Gasteiger partial charge on any atom is -0.0654 e. The van der Waals surface area contributed by atoms with E-state index in [-0.39, 0.29) is 0 Å². The van der Waals surface area contributed by atoms with Crippen LogP contribution >= 0.6 is 0 Å². The maximum atomic E-state index is 2.42. The van der Waals surface area contributed by atoms with E-state index in [1.165, 1.54) is 77.0 Å². The predicted molar refractivity (Wildman–Crippen MR) is 229 cm³/mol. The van der Waals surface area contributed by atoms with Crippen molar-refractivity contribution in [2.45, 2.75) is 243 Å². The molecule has 0 bridgehead atoms. The lowest BCUT2D eigenvalue weighted by atomic mass is 9.69. The monoisotopic (exact) mass is 681 g/mol. The van der Waals surface area contributed by atoms with Gasteiger partial charge >= 0.3 is 0 Å². The van der Waals surface area contributed by atoms with Gasteiger partial charge in [0.05, 0.1) is 0 Å². The zero-order chi connectivity index (χ0) is 39.1. The van der Waals surface area contributed by atoms with Gasteiger partial charge in [0.25, 0.3) is 0 Å². The van der Waals surface area contributed by atoms with E-state index in [9.17, 15) is 0 Å². The molecule has 4 unspecified atom stereocenters. The molecule has 0 rings (SSSR count). The Labute approximate surface area is 311 Å². The molecule has 0 spiro atoms. The first kappa shape index (κ1) is 54.8. The fraction of sp³-hybridized carbons (Fsp3) is 1.00. The summed E-state index contributed by atoms with van der Waals surface area (Å²) in [5, 5.41) is 0. The molecular weight excluding hydrogens is 577 g/mol. The molecule has 0 heterocycles. The highest BCUT2D eigenvalue weighted by atomic mass is 14.4. The van der Waals surface area contributed by atoms with Crippen molar-refractivity contribution in [3.63, 3.8) is 0 Å². The fourth-order valence-electron chi connectivity index (χ4n) is 7.74. The van der Waals surface area contributed by atoms with Crippen LogP contribution in [0.5, 0.6) is 0 Å². The van der Waals surface area contributed by atoms with Crippen molar-refractivity contribution in [2.24, 2.45) is 69.0 Å². The van der Waals surface area contributed by atoms with Crippen LogP contribution in [0.15, 0.2) is 0 Å². The van der Waals surface area contributed by atoms with E-state index < -0.39 is 0 Å². The predicted octanol–water partition coefficient (Wildman–Crippen LogP) is 18.0. The highest BCUT2D eigenvalue weighted by Gasteiger charge is 2.30. The summed E-state index contributed by atoms with van der Waals surface area (Å²) in [5.74, 6) is 6.89. The standard InChI is InChI=1S/4C12H26/c1-7-12(5,6)11(4)9-8-10(2)3;1-7-11(4)12(5,6)9-8-10(2)3;1-7-9-11(10(3)4)12(5,6)8-2;1-7-9-12(5,6)11(8-2)10(3)4/h4*10-11H,7-9H2,1-6H3. The van der Waals surface area contributed by atoms with Gasteiger partial charge in [-0.3, -0.25) is 0 Å². The lowest BCUT2D eigenvalue weighted by Gasteiger charge is -2.36. The Kier molecular flexibility index (Phi) is 31.5. The molecule has 0 aliphatic rings. The molecule has 0 nitrogen and oxygen atoms in total. The van der Waals surface area contributed by atoms with E-state index in [0.29, 0.717) is 21.7 Å². The van der Waals surface area contributed by atoms with Gasteiger partial charge in [0, 0.05) is 0 Å². The molecule has 0 aliphatic carbocycles. The highest BCUT2D eigenvalue weighted by molar-refractivity contribution is 4.80. The number of hydrogen-bond donors (Lipinski definition) is 0. The molecule has 0 saturated heterocycles. The molecule has 0 aromatic heterocycles. The third-order valence-electron chi connectivity index (χ3n) is 13.2. The largest absolute Gasteiger partial charge is 0.0654 e. The van der Waals surface area contributed by atoms with Crippen molar-refractivity contribution in [3.8, 4) is 0 Å². The lowest BCUT2D eigenvalue weighted by Crippen LogP contribution is -2.27. The normalized spacial score (nSPS) is 15.2. The average molecular weight is 681 g/mol. The molecule has 0 saturated carbocycles. The van der Waals surface area contributed by atoms with Gasteiger partial charge in [-0.1, -0.05) is 218 Å². The van der Waals surface area contributed by atoms with Crippen LogP contribution in [0.2, 0.25) is 0 Å². The summed E-state index contributed by atoms with van der Waals surface area (Å²) in [4.78, 5) is 0. The molecule has 0 amide bonds. The third-order valence-corrected chi connectivity index (χ3v) is 13.2. The molecule has 0 fully saturated rings. The maximum absolute atomic E-state index is 2.42. The third kappa shape index (κ3) is 25.9. The van der Waals surface area contributed by atoms with Gasteiger partial charge in [-0.15, -0.1) is 0 Å². The second-order valence-electron chi connectivity index (χ2n) is 20.4. The Morgan fingerprint density at radius 1 is 0.354 bits per heavy atom. The van der Waals surface area contributed by atoms with E-state index >= 15 is 0 Å². The lowest BCUT2D eigenvalue weighted by molar-refractivity contribution is 0.137. The van der Waals surface area contributed by atoms with Crippen LogP contribution < -0.4 is 0 Å². The Hall–Kier alpha value is 0. The van der Waals surface area contributed by atoms with Crippen molar-refractivity contribution in [1.29, 1.82) is 0 Å². The Morgan fingerprint density at radius 2 is 0.792 bits per heavy atom. The minimum atomic E-state index is 0.532. The van der Waals surface area contributed by atoms with Crippen molar-refractivity contribution < 1.29 is 0 Å². The molecule has 0 N–H and O–H groups in total. The quantitative estimate of drug-likeness (QED) is 0.120. The molecule has 4 atom stereocenters. The first-order chi connectivity index (χ1) is 21.7. The second kappa shape index (κ2) is 27.6. The van der Waals surface area contributed by atoms with Crippen molar-refractivity contribution in [3.05, 3.63) is 0 Å². The zero-order valence-electron chi connectivity index (χ0n) is 39.1. The van der Waals surface area contributed by atoms with Crippen LogP contribution in [0, 0.1) is 69.0 Å². The molecule has 0 heteroatoms. The molecule has 0 radical (unpaired) electrons. The highest BCUT2D eigenvalue weighted by Crippen LogP contribution is 2.40. The topological polar surface area (TPSA) is 0 Å². The summed E-state index contributed by atoms with van der Waals surface area (Å²) in [6.07, 6.45) is 16.1. The Balaban J connectivity index is -0.000000269. The van der Waals surface area contributed by atoms with E-state index in [1.807, 2.05) is 0 Å². The van der Waals surface area contributed by atoms with Gasteiger partial charge in [0.15, 0.2) is 0 Å². The molecule has 0 aromatic carbocycles. The summed E-state index contributed by atoms with van der Waals surface area (Å²) in [6, 6.07) is 0. The molecular formula is C48H104. The first-order valence-corrected chi connectivity index (χ1v) is 21.7. The smallest absolute Gasteiger partial charge is 0.0324 e. The summed E-state index contributed by atoms with van der Waals surface area (Å²) in [6.45, 7) is 56.5. The molecule has 0 aromatic rings. The van der Waals surface area contributed by atoms with Crippen LogP contribution in [0.3, 0.4) is 0 Å². The zero-order valence-corrected chi connectivity index (χ0v) is 39.1. The Morgan fingerprint density at radius 3 is 1.08 bits per heavy atom. The van der Waals surface area contributed by atoms with Crippen LogP contribution in [0.1, 0.15) is 243 Å². The maximum Gasteiger partial charge on any atom is -0.0324 e. The van der Waals surface area contributed by atoms with Gasteiger partial charge in [-0.2, -0.15) is 0 Å². The fourth-order valence-corrected chi connectivity index (χ4v) is 7.74. The molecule has 0 aliphatic heterocycles. The van der Waals surface area contributed by atoms with Gasteiger partial charge < -0.3 is 0 Å². The summed E-state index contributed by atoms with van der Waals surface area (Å²) in [7, 11) is 0. The van der Waals surface area contributed by atoms with Gasteiger partial charge in [-0.05, 0) is 94.7 Å². The molecule has 48 heavy (non-hydrogen) atoms.